The number of carbonyl (C=O) groups is 3. The van der Waals surface area contributed by atoms with Gasteiger partial charge in [0.2, 0.25) is 17.7 Å². The molecular formula is C26H36BrN3O5. The minimum Gasteiger partial charge on any atom is -0.394 e. The van der Waals surface area contributed by atoms with E-state index in [0.717, 1.165) is 24.8 Å². The van der Waals surface area contributed by atoms with E-state index in [4.69, 9.17) is 4.74 Å². The summed E-state index contributed by atoms with van der Waals surface area (Å²) in [4.78, 5) is 42.3. The minimum atomic E-state index is -1.11. The van der Waals surface area contributed by atoms with Crippen LogP contribution in [-0.4, -0.2) is 76.0 Å². The number of fused-ring (bicyclic) bond motifs is 1. The summed E-state index contributed by atoms with van der Waals surface area (Å²) < 4.78 is 6.48. The van der Waals surface area contributed by atoms with Gasteiger partial charge in [0.25, 0.3) is 0 Å². The number of unbranched alkanes of at least 4 members (excludes halogenated alkanes) is 1. The Bertz CT molecular complexity index is 931. The third kappa shape index (κ3) is 4.62. The van der Waals surface area contributed by atoms with Gasteiger partial charge in [-0.15, -0.1) is 0 Å². The van der Waals surface area contributed by atoms with Crippen molar-refractivity contribution in [1.29, 1.82) is 0 Å². The van der Waals surface area contributed by atoms with Crippen LogP contribution in [0.25, 0.3) is 0 Å². The van der Waals surface area contributed by atoms with Crippen LogP contribution in [0.2, 0.25) is 0 Å². The van der Waals surface area contributed by atoms with Gasteiger partial charge in [-0.05, 0) is 31.2 Å². The fraction of sp³-hybridized carbons (Fsp3) is 0.654. The SMILES string of the molecule is CCCCNC(=O)C1N([C@@H](CO)Cc2ccccc2)C(=O)[C@@H]2[C@H](C(=O)NCCC)[C@H]3OC12CC3Br. The molecule has 1 aromatic rings. The monoisotopic (exact) mass is 549 g/mol. The predicted octanol–water partition coefficient (Wildman–Crippen LogP) is 1.78. The molecule has 3 amide bonds. The van der Waals surface area contributed by atoms with Gasteiger partial charge >= 0.3 is 0 Å². The molecule has 4 rings (SSSR count). The number of ether oxygens (including phenoxy) is 1. The predicted molar refractivity (Wildman–Crippen MR) is 135 cm³/mol. The first-order valence-electron chi connectivity index (χ1n) is 12.7. The van der Waals surface area contributed by atoms with Gasteiger partial charge in [0.05, 0.1) is 30.6 Å². The third-order valence-electron chi connectivity index (χ3n) is 7.58. The smallest absolute Gasteiger partial charge is 0.245 e. The molecule has 1 spiro atoms. The normalized spacial score (nSPS) is 31.9. The second-order valence-corrected chi connectivity index (χ2v) is 11.0. The van der Waals surface area contributed by atoms with Crippen molar-refractivity contribution in [3.8, 4) is 0 Å². The minimum absolute atomic E-state index is 0.142. The molecule has 192 valence electrons. The Kier molecular flexibility index (Phi) is 8.18. The Balaban J connectivity index is 1.72. The van der Waals surface area contributed by atoms with E-state index < -0.39 is 35.6 Å². The number of rotatable bonds is 11. The molecule has 3 heterocycles. The first-order chi connectivity index (χ1) is 16.9. The summed E-state index contributed by atoms with van der Waals surface area (Å²) in [5.74, 6) is -2.22. The summed E-state index contributed by atoms with van der Waals surface area (Å²) in [5, 5.41) is 16.3. The Morgan fingerprint density at radius 2 is 1.89 bits per heavy atom. The van der Waals surface area contributed by atoms with Crippen LogP contribution < -0.4 is 10.6 Å². The molecule has 0 radical (unpaired) electrons. The number of nitrogens with zero attached hydrogens (tertiary/aromatic N) is 1. The Hall–Kier alpha value is -1.97. The molecule has 3 aliphatic rings. The van der Waals surface area contributed by atoms with Crippen LogP contribution in [0, 0.1) is 11.8 Å². The Morgan fingerprint density at radius 1 is 1.17 bits per heavy atom. The van der Waals surface area contributed by atoms with Crippen molar-refractivity contribution >= 4 is 33.7 Å². The van der Waals surface area contributed by atoms with Crippen molar-refractivity contribution < 1.29 is 24.2 Å². The third-order valence-corrected chi connectivity index (χ3v) is 8.42. The molecule has 1 aromatic carbocycles. The van der Waals surface area contributed by atoms with Gasteiger partial charge in [0, 0.05) is 17.9 Å². The van der Waals surface area contributed by atoms with Gasteiger partial charge in [0.1, 0.15) is 11.6 Å². The van der Waals surface area contributed by atoms with Crippen LogP contribution in [-0.2, 0) is 25.5 Å². The van der Waals surface area contributed by atoms with Gasteiger partial charge in [-0.1, -0.05) is 66.5 Å². The van der Waals surface area contributed by atoms with E-state index in [9.17, 15) is 19.5 Å². The lowest BCUT2D eigenvalue weighted by molar-refractivity contribution is -0.145. The lowest BCUT2D eigenvalue weighted by Gasteiger charge is -2.37. The zero-order valence-electron chi connectivity index (χ0n) is 20.4. The summed E-state index contributed by atoms with van der Waals surface area (Å²) >= 11 is 3.68. The van der Waals surface area contributed by atoms with E-state index in [-0.39, 0.29) is 29.2 Å². The molecule has 3 unspecified atom stereocenters. The van der Waals surface area contributed by atoms with Crippen molar-refractivity contribution in [3.05, 3.63) is 35.9 Å². The lowest BCUT2D eigenvalue weighted by atomic mass is 9.70. The van der Waals surface area contributed by atoms with Crippen LogP contribution in [0.4, 0.5) is 0 Å². The van der Waals surface area contributed by atoms with Gasteiger partial charge in [-0.2, -0.15) is 0 Å². The van der Waals surface area contributed by atoms with Crippen LogP contribution in [0.1, 0.15) is 45.1 Å². The second-order valence-electron chi connectivity index (χ2n) is 9.87. The zero-order valence-corrected chi connectivity index (χ0v) is 22.0. The van der Waals surface area contributed by atoms with Crippen LogP contribution in [0.15, 0.2) is 30.3 Å². The molecule has 3 N–H and O–H groups in total. The number of amides is 3. The lowest BCUT2D eigenvalue weighted by Crippen LogP contribution is -2.58. The van der Waals surface area contributed by atoms with E-state index in [1.165, 1.54) is 4.90 Å². The topological polar surface area (TPSA) is 108 Å². The number of carbonyl (C=O) groups excluding carboxylic acids is 3. The molecule has 2 bridgehead atoms. The highest BCUT2D eigenvalue weighted by molar-refractivity contribution is 9.09. The highest BCUT2D eigenvalue weighted by Gasteiger charge is 2.76. The molecule has 0 aliphatic carbocycles. The Labute approximate surface area is 215 Å². The number of hydrogen-bond acceptors (Lipinski definition) is 5. The van der Waals surface area contributed by atoms with Crippen molar-refractivity contribution in [2.75, 3.05) is 19.7 Å². The molecule has 7 atom stereocenters. The van der Waals surface area contributed by atoms with E-state index in [1.54, 1.807) is 0 Å². The van der Waals surface area contributed by atoms with Crippen molar-refractivity contribution in [2.45, 2.75) is 74.6 Å². The fourth-order valence-corrected chi connectivity index (χ4v) is 6.99. The number of aliphatic hydroxyl groups is 1. The molecular weight excluding hydrogens is 514 g/mol. The molecule has 3 fully saturated rings. The maximum Gasteiger partial charge on any atom is 0.245 e. The summed E-state index contributed by atoms with van der Waals surface area (Å²) in [6, 6.07) is 8.09. The number of likely N-dealkylation sites (tertiary alicyclic amines) is 1. The number of benzene rings is 1. The van der Waals surface area contributed by atoms with Gasteiger partial charge in [-0.3, -0.25) is 14.4 Å². The van der Waals surface area contributed by atoms with Gasteiger partial charge in [0.15, 0.2) is 0 Å². The molecule has 9 heteroatoms. The second kappa shape index (κ2) is 11.0. The first kappa shape index (κ1) is 26.1. The largest absolute Gasteiger partial charge is 0.394 e. The van der Waals surface area contributed by atoms with Gasteiger partial charge in [-0.25, -0.2) is 0 Å². The zero-order chi connectivity index (χ0) is 25.2. The van der Waals surface area contributed by atoms with Crippen molar-refractivity contribution in [3.63, 3.8) is 0 Å². The maximum atomic E-state index is 14.1. The first-order valence-corrected chi connectivity index (χ1v) is 13.6. The number of alkyl halides is 1. The number of halogens is 1. The van der Waals surface area contributed by atoms with E-state index in [1.807, 2.05) is 44.2 Å². The van der Waals surface area contributed by atoms with Gasteiger partial charge < -0.3 is 25.4 Å². The number of nitrogens with one attached hydrogen (secondary N) is 2. The summed E-state index contributed by atoms with van der Waals surface area (Å²) in [6.45, 7) is 4.74. The standard InChI is InChI=1S/C26H36BrN3O5/c1-3-5-12-29-24(33)22-26-14-18(27)21(35-26)19(23(32)28-11-4-2)20(26)25(34)30(22)17(15-31)13-16-9-7-6-8-10-16/h6-10,17-22,31H,3-5,11-15H2,1-2H3,(H,28,32)(H,29,33)/t17-,18?,19+,20+,21+,22?,26?/m1/s1. The molecule has 35 heavy (non-hydrogen) atoms. The molecule has 0 saturated carbocycles. The molecule has 3 saturated heterocycles. The van der Waals surface area contributed by atoms with E-state index >= 15 is 0 Å². The van der Waals surface area contributed by atoms with Crippen LogP contribution in [0.5, 0.6) is 0 Å². The average molecular weight is 550 g/mol. The number of aliphatic hydroxyl groups excluding tert-OH is 1. The Morgan fingerprint density at radius 3 is 2.54 bits per heavy atom. The fourth-order valence-electron chi connectivity index (χ4n) is 6.05. The van der Waals surface area contributed by atoms with Crippen LogP contribution in [0.3, 0.4) is 0 Å². The number of hydrogen-bond donors (Lipinski definition) is 3. The average Bonchev–Trinajstić information content (AvgIpc) is 3.45. The highest BCUT2D eigenvalue weighted by atomic mass is 79.9. The van der Waals surface area contributed by atoms with Crippen LogP contribution >= 0.6 is 15.9 Å². The maximum absolute atomic E-state index is 14.1. The highest BCUT2D eigenvalue weighted by Crippen LogP contribution is 2.60. The summed E-state index contributed by atoms with van der Waals surface area (Å²) in [7, 11) is 0. The van der Waals surface area contributed by atoms with Crippen molar-refractivity contribution in [1.82, 2.24) is 15.5 Å². The van der Waals surface area contributed by atoms with Crippen molar-refractivity contribution in [2.24, 2.45) is 11.8 Å². The van der Waals surface area contributed by atoms with E-state index in [0.29, 0.717) is 25.9 Å². The molecule has 0 aromatic heterocycles. The molecule has 8 nitrogen and oxygen atoms in total. The van der Waals surface area contributed by atoms with E-state index in [2.05, 4.69) is 26.6 Å². The quantitative estimate of drug-likeness (QED) is 0.288. The summed E-state index contributed by atoms with van der Waals surface area (Å²) in [6.07, 6.45) is 2.91. The summed E-state index contributed by atoms with van der Waals surface area (Å²) in [5.41, 5.74) is -0.148. The molecule has 3 aliphatic heterocycles.